The molecule has 0 saturated heterocycles. The van der Waals surface area contributed by atoms with Gasteiger partial charge in [-0.3, -0.25) is 0 Å². The molecule has 1 unspecified atom stereocenters. The molecule has 4 heteroatoms. The number of amides is 2. The lowest BCUT2D eigenvalue weighted by Gasteiger charge is -2.31. The van der Waals surface area contributed by atoms with Gasteiger partial charge in [-0.25, -0.2) is 4.79 Å². The van der Waals surface area contributed by atoms with E-state index >= 15 is 0 Å². The van der Waals surface area contributed by atoms with E-state index in [2.05, 4.69) is 31.4 Å². The zero-order valence-electron chi connectivity index (χ0n) is 13.0. The van der Waals surface area contributed by atoms with Crippen molar-refractivity contribution in [3.63, 3.8) is 0 Å². The molecule has 0 aliphatic carbocycles. The Labute approximate surface area is 122 Å². The zero-order chi connectivity index (χ0) is 15.2. The van der Waals surface area contributed by atoms with E-state index in [0.29, 0.717) is 0 Å². The number of hydrogen-bond donors (Lipinski definition) is 3. The summed E-state index contributed by atoms with van der Waals surface area (Å²) in [4.78, 5) is 12.1. The van der Waals surface area contributed by atoms with Gasteiger partial charge in [0, 0.05) is 17.3 Å². The molecule has 112 valence electrons. The fourth-order valence-corrected chi connectivity index (χ4v) is 2.32. The van der Waals surface area contributed by atoms with E-state index in [1.54, 1.807) is 0 Å². The standard InChI is InChI=1S/C16H27N3O/c1-5-16(6-2,7-3)19-15(20)18-14-10-8-9-13(11-14)12(4)17/h8-12H,5-7,17H2,1-4H3,(H2,18,19,20). The first kappa shape index (κ1) is 16.5. The quantitative estimate of drug-likeness (QED) is 0.740. The largest absolute Gasteiger partial charge is 0.332 e. The first-order chi connectivity index (χ1) is 9.46. The Bertz CT molecular complexity index is 431. The highest BCUT2D eigenvalue weighted by molar-refractivity contribution is 5.89. The molecule has 0 saturated carbocycles. The van der Waals surface area contributed by atoms with Gasteiger partial charge in [0.25, 0.3) is 0 Å². The van der Waals surface area contributed by atoms with Crippen LogP contribution in [0.3, 0.4) is 0 Å². The number of nitrogens with one attached hydrogen (secondary N) is 2. The van der Waals surface area contributed by atoms with Crippen molar-refractivity contribution in [3.05, 3.63) is 29.8 Å². The Morgan fingerprint density at radius 2 is 1.85 bits per heavy atom. The van der Waals surface area contributed by atoms with Gasteiger partial charge in [0.15, 0.2) is 0 Å². The average Bonchev–Trinajstić information content (AvgIpc) is 2.45. The summed E-state index contributed by atoms with van der Waals surface area (Å²) in [5, 5.41) is 5.99. The number of benzene rings is 1. The summed E-state index contributed by atoms with van der Waals surface area (Å²) in [6, 6.07) is 7.45. The van der Waals surface area contributed by atoms with Crippen LogP contribution in [-0.2, 0) is 0 Å². The first-order valence-corrected chi connectivity index (χ1v) is 7.41. The lowest BCUT2D eigenvalue weighted by Crippen LogP contribution is -2.48. The molecule has 2 amide bonds. The third-order valence-corrected chi connectivity index (χ3v) is 4.08. The summed E-state index contributed by atoms with van der Waals surface area (Å²) in [6.07, 6.45) is 2.77. The summed E-state index contributed by atoms with van der Waals surface area (Å²) < 4.78 is 0. The number of rotatable bonds is 6. The highest BCUT2D eigenvalue weighted by Gasteiger charge is 2.25. The van der Waals surface area contributed by atoms with Crippen LogP contribution in [0.4, 0.5) is 10.5 Å². The molecule has 1 aromatic rings. The number of urea groups is 1. The summed E-state index contributed by atoms with van der Waals surface area (Å²) >= 11 is 0. The smallest absolute Gasteiger partial charge is 0.319 e. The Kier molecular flexibility index (Phi) is 6.02. The van der Waals surface area contributed by atoms with Gasteiger partial charge in [-0.1, -0.05) is 32.9 Å². The van der Waals surface area contributed by atoms with E-state index in [1.807, 2.05) is 31.2 Å². The van der Waals surface area contributed by atoms with Crippen molar-refractivity contribution in [3.8, 4) is 0 Å². The number of hydrogen-bond acceptors (Lipinski definition) is 2. The summed E-state index contributed by atoms with van der Waals surface area (Å²) in [5.74, 6) is 0. The van der Waals surface area contributed by atoms with Crippen LogP contribution in [0, 0.1) is 0 Å². The molecule has 0 radical (unpaired) electrons. The van der Waals surface area contributed by atoms with Crippen molar-refractivity contribution in [2.75, 3.05) is 5.32 Å². The monoisotopic (exact) mass is 277 g/mol. The molecule has 1 atom stereocenters. The van der Waals surface area contributed by atoms with Gasteiger partial charge in [-0.2, -0.15) is 0 Å². The summed E-state index contributed by atoms with van der Waals surface area (Å²) in [6.45, 7) is 8.23. The highest BCUT2D eigenvalue weighted by Crippen LogP contribution is 2.20. The number of nitrogens with two attached hydrogens (primary N) is 1. The SMILES string of the molecule is CCC(CC)(CC)NC(=O)Nc1cccc(C(C)N)c1. The van der Waals surface area contributed by atoms with Gasteiger partial charge in [-0.05, 0) is 43.9 Å². The van der Waals surface area contributed by atoms with Crippen LogP contribution in [-0.4, -0.2) is 11.6 Å². The second-order valence-corrected chi connectivity index (χ2v) is 5.33. The fraction of sp³-hybridized carbons (Fsp3) is 0.562. The minimum atomic E-state index is -0.155. The van der Waals surface area contributed by atoms with E-state index in [9.17, 15) is 4.79 Å². The van der Waals surface area contributed by atoms with Crippen LogP contribution in [0.1, 0.15) is 58.6 Å². The maximum Gasteiger partial charge on any atom is 0.319 e. The van der Waals surface area contributed by atoms with Gasteiger partial charge in [0.1, 0.15) is 0 Å². The lowest BCUT2D eigenvalue weighted by atomic mass is 9.90. The molecular weight excluding hydrogens is 250 g/mol. The number of carbonyl (C=O) groups excluding carboxylic acids is 1. The van der Waals surface area contributed by atoms with Crippen LogP contribution in [0.15, 0.2) is 24.3 Å². The second-order valence-electron chi connectivity index (χ2n) is 5.33. The number of anilines is 1. The maximum atomic E-state index is 12.1. The molecule has 0 bridgehead atoms. The molecule has 0 spiro atoms. The summed E-state index contributed by atoms with van der Waals surface area (Å²) in [5.41, 5.74) is 7.51. The molecule has 1 aromatic carbocycles. The molecule has 0 fully saturated rings. The van der Waals surface area contributed by atoms with E-state index in [0.717, 1.165) is 30.5 Å². The molecule has 4 nitrogen and oxygen atoms in total. The normalized spacial score (nSPS) is 12.8. The van der Waals surface area contributed by atoms with Gasteiger partial charge in [-0.15, -0.1) is 0 Å². The van der Waals surface area contributed by atoms with Crippen molar-refractivity contribution in [2.45, 2.75) is 58.5 Å². The summed E-state index contributed by atoms with van der Waals surface area (Å²) in [7, 11) is 0. The van der Waals surface area contributed by atoms with E-state index in [4.69, 9.17) is 5.73 Å². The molecule has 0 heterocycles. The average molecular weight is 277 g/mol. The molecular formula is C16H27N3O. The van der Waals surface area contributed by atoms with Gasteiger partial charge in [0.05, 0.1) is 0 Å². The fourth-order valence-electron chi connectivity index (χ4n) is 2.32. The predicted octanol–water partition coefficient (Wildman–Crippen LogP) is 3.80. The first-order valence-electron chi connectivity index (χ1n) is 7.41. The van der Waals surface area contributed by atoms with E-state index < -0.39 is 0 Å². The van der Waals surface area contributed by atoms with Gasteiger partial charge >= 0.3 is 6.03 Å². The van der Waals surface area contributed by atoms with E-state index in [1.165, 1.54) is 0 Å². The Hall–Kier alpha value is -1.55. The van der Waals surface area contributed by atoms with Crippen molar-refractivity contribution in [1.82, 2.24) is 5.32 Å². The topological polar surface area (TPSA) is 67.2 Å². The molecule has 1 rings (SSSR count). The minimum Gasteiger partial charge on any atom is -0.332 e. The van der Waals surface area contributed by atoms with Crippen LogP contribution in [0.5, 0.6) is 0 Å². The predicted molar refractivity (Wildman–Crippen MR) is 84.8 cm³/mol. The third-order valence-electron chi connectivity index (χ3n) is 4.08. The van der Waals surface area contributed by atoms with Gasteiger partial charge < -0.3 is 16.4 Å². The van der Waals surface area contributed by atoms with Crippen molar-refractivity contribution in [1.29, 1.82) is 0 Å². The minimum absolute atomic E-state index is 0.0409. The van der Waals surface area contributed by atoms with Gasteiger partial charge in [0.2, 0.25) is 0 Å². The Morgan fingerprint density at radius 3 is 2.35 bits per heavy atom. The lowest BCUT2D eigenvalue weighted by molar-refractivity contribution is 0.229. The second kappa shape index (κ2) is 7.29. The highest BCUT2D eigenvalue weighted by atomic mass is 16.2. The Balaban J connectivity index is 2.73. The van der Waals surface area contributed by atoms with E-state index in [-0.39, 0.29) is 17.6 Å². The molecule has 4 N–H and O–H groups in total. The maximum absolute atomic E-state index is 12.1. The van der Waals surface area contributed by atoms with Crippen molar-refractivity contribution < 1.29 is 4.79 Å². The number of carbonyl (C=O) groups is 1. The van der Waals surface area contributed by atoms with Crippen molar-refractivity contribution >= 4 is 11.7 Å². The molecule has 20 heavy (non-hydrogen) atoms. The van der Waals surface area contributed by atoms with Crippen LogP contribution >= 0.6 is 0 Å². The molecule has 0 aromatic heterocycles. The van der Waals surface area contributed by atoms with Crippen LogP contribution in [0.25, 0.3) is 0 Å². The van der Waals surface area contributed by atoms with Crippen LogP contribution < -0.4 is 16.4 Å². The zero-order valence-corrected chi connectivity index (χ0v) is 13.0. The third kappa shape index (κ3) is 4.23. The van der Waals surface area contributed by atoms with Crippen molar-refractivity contribution in [2.24, 2.45) is 5.73 Å². The molecule has 0 aliphatic heterocycles. The van der Waals surface area contributed by atoms with Crippen LogP contribution in [0.2, 0.25) is 0 Å². The Morgan fingerprint density at radius 1 is 1.25 bits per heavy atom. The molecule has 0 aliphatic rings.